The van der Waals surface area contributed by atoms with Crippen LogP contribution in [0.5, 0.6) is 0 Å². The standard InChI is InChI=1S/C16H12Cl3NO2/c17-12-6-4-11(5-7-12)16(21)8-9-20-22-10-13-14(18)2-1-3-15(13)19/h1-7,9H,8,10H2/b20-9-. The molecule has 0 amide bonds. The molecule has 0 atom stereocenters. The van der Waals surface area contributed by atoms with Crippen LogP contribution >= 0.6 is 34.8 Å². The number of oxime groups is 1. The van der Waals surface area contributed by atoms with Crippen molar-refractivity contribution < 1.29 is 9.63 Å². The molecule has 2 aromatic rings. The van der Waals surface area contributed by atoms with Crippen molar-refractivity contribution in [2.24, 2.45) is 5.16 Å². The molecule has 0 bridgehead atoms. The minimum atomic E-state index is -0.0696. The third kappa shape index (κ3) is 4.73. The number of carbonyl (C=O) groups is 1. The summed E-state index contributed by atoms with van der Waals surface area (Å²) in [6.45, 7) is 0.143. The van der Waals surface area contributed by atoms with E-state index in [1.54, 1.807) is 42.5 Å². The summed E-state index contributed by atoms with van der Waals surface area (Å²) in [6.07, 6.45) is 1.54. The molecule has 3 nitrogen and oxygen atoms in total. The predicted octanol–water partition coefficient (Wildman–Crippen LogP) is 5.42. The van der Waals surface area contributed by atoms with E-state index in [0.29, 0.717) is 26.2 Å². The van der Waals surface area contributed by atoms with Crippen LogP contribution in [0.2, 0.25) is 15.1 Å². The summed E-state index contributed by atoms with van der Waals surface area (Å²) in [4.78, 5) is 17.0. The van der Waals surface area contributed by atoms with Crippen molar-refractivity contribution in [2.75, 3.05) is 0 Å². The first kappa shape index (κ1) is 16.8. The van der Waals surface area contributed by atoms with Crippen LogP contribution in [0.15, 0.2) is 47.6 Å². The van der Waals surface area contributed by atoms with E-state index in [2.05, 4.69) is 5.16 Å². The molecule has 0 saturated heterocycles. The van der Waals surface area contributed by atoms with Gasteiger partial charge in [-0.25, -0.2) is 0 Å². The molecule has 0 fully saturated rings. The SMILES string of the molecule is O=C(C/C=N\OCc1c(Cl)cccc1Cl)c1ccc(Cl)cc1. The van der Waals surface area contributed by atoms with Gasteiger partial charge in [-0.3, -0.25) is 4.79 Å². The van der Waals surface area contributed by atoms with Gasteiger partial charge in [-0.1, -0.05) is 46.0 Å². The van der Waals surface area contributed by atoms with Crippen molar-refractivity contribution in [1.29, 1.82) is 0 Å². The zero-order valence-corrected chi connectivity index (χ0v) is 13.7. The number of nitrogens with zero attached hydrogens (tertiary/aromatic N) is 1. The Balaban J connectivity index is 1.83. The summed E-state index contributed by atoms with van der Waals surface area (Å²) in [5, 5.41) is 5.36. The lowest BCUT2D eigenvalue weighted by Gasteiger charge is -2.04. The van der Waals surface area contributed by atoms with Crippen LogP contribution in [-0.2, 0) is 11.4 Å². The Morgan fingerprint density at radius 3 is 2.32 bits per heavy atom. The largest absolute Gasteiger partial charge is 0.391 e. The number of hydrogen-bond donors (Lipinski definition) is 0. The molecule has 0 saturated carbocycles. The molecule has 0 radical (unpaired) electrons. The molecule has 0 aromatic heterocycles. The Labute approximate surface area is 143 Å². The van der Waals surface area contributed by atoms with Gasteiger partial charge >= 0.3 is 0 Å². The summed E-state index contributed by atoms with van der Waals surface area (Å²) in [5.41, 5.74) is 1.23. The van der Waals surface area contributed by atoms with Gasteiger partial charge in [-0.15, -0.1) is 0 Å². The van der Waals surface area contributed by atoms with E-state index in [4.69, 9.17) is 39.6 Å². The van der Waals surface area contributed by atoms with Crippen LogP contribution in [0.1, 0.15) is 22.3 Å². The van der Waals surface area contributed by atoms with E-state index in [1.165, 1.54) is 6.21 Å². The zero-order valence-electron chi connectivity index (χ0n) is 11.4. The number of rotatable bonds is 6. The van der Waals surface area contributed by atoms with Gasteiger partial charge in [0.1, 0.15) is 6.61 Å². The van der Waals surface area contributed by atoms with Gasteiger partial charge in [0.05, 0.1) is 6.21 Å². The molecule has 2 rings (SSSR count). The van der Waals surface area contributed by atoms with E-state index < -0.39 is 0 Å². The van der Waals surface area contributed by atoms with Crippen LogP contribution in [0.25, 0.3) is 0 Å². The number of carbonyl (C=O) groups excluding carboxylic acids is 1. The molecular formula is C16H12Cl3NO2. The molecule has 0 aliphatic carbocycles. The van der Waals surface area contributed by atoms with E-state index in [1.807, 2.05) is 0 Å². The predicted molar refractivity (Wildman–Crippen MR) is 90.1 cm³/mol. The summed E-state index contributed by atoms with van der Waals surface area (Å²) in [7, 11) is 0. The first-order valence-corrected chi connectivity index (χ1v) is 7.57. The molecule has 114 valence electrons. The van der Waals surface area contributed by atoms with E-state index in [-0.39, 0.29) is 18.8 Å². The maximum absolute atomic E-state index is 11.9. The lowest BCUT2D eigenvalue weighted by molar-refractivity contribution is 0.0996. The van der Waals surface area contributed by atoms with Gasteiger partial charge in [0.25, 0.3) is 0 Å². The van der Waals surface area contributed by atoms with Crippen LogP contribution in [-0.4, -0.2) is 12.0 Å². The van der Waals surface area contributed by atoms with Gasteiger partial charge in [-0.2, -0.15) is 0 Å². The molecule has 0 N–H and O–H groups in total. The quantitative estimate of drug-likeness (QED) is 0.393. The number of benzene rings is 2. The van der Waals surface area contributed by atoms with Crippen molar-refractivity contribution in [3.8, 4) is 0 Å². The van der Waals surface area contributed by atoms with Crippen LogP contribution < -0.4 is 0 Å². The smallest absolute Gasteiger partial charge is 0.168 e. The summed E-state index contributed by atoms with van der Waals surface area (Å²) in [6, 6.07) is 11.9. The Morgan fingerprint density at radius 1 is 1.05 bits per heavy atom. The lowest BCUT2D eigenvalue weighted by Crippen LogP contribution is -1.99. The highest BCUT2D eigenvalue weighted by Gasteiger charge is 2.06. The fraction of sp³-hybridized carbons (Fsp3) is 0.125. The summed E-state index contributed by atoms with van der Waals surface area (Å²) >= 11 is 17.8. The van der Waals surface area contributed by atoms with E-state index >= 15 is 0 Å². The molecule has 0 heterocycles. The van der Waals surface area contributed by atoms with E-state index in [9.17, 15) is 4.79 Å². The van der Waals surface area contributed by atoms with Gasteiger partial charge in [-0.05, 0) is 36.4 Å². The Morgan fingerprint density at radius 2 is 1.68 bits per heavy atom. The van der Waals surface area contributed by atoms with Crippen molar-refractivity contribution in [3.05, 3.63) is 68.7 Å². The second-order valence-corrected chi connectivity index (χ2v) is 5.65. The fourth-order valence-electron chi connectivity index (χ4n) is 1.70. The van der Waals surface area contributed by atoms with Crippen molar-refractivity contribution >= 4 is 46.8 Å². The average Bonchev–Trinajstić information content (AvgIpc) is 2.50. The van der Waals surface area contributed by atoms with Gasteiger partial charge < -0.3 is 4.84 Å². The molecule has 0 aliphatic rings. The second kappa shape index (κ2) is 8.18. The third-order valence-corrected chi connectivity index (χ3v) is 3.82. The third-order valence-electron chi connectivity index (χ3n) is 2.86. The highest BCUT2D eigenvalue weighted by Crippen LogP contribution is 2.24. The molecule has 2 aromatic carbocycles. The monoisotopic (exact) mass is 355 g/mol. The topological polar surface area (TPSA) is 38.7 Å². The van der Waals surface area contributed by atoms with Crippen molar-refractivity contribution in [1.82, 2.24) is 0 Å². The second-order valence-electron chi connectivity index (χ2n) is 4.40. The lowest BCUT2D eigenvalue weighted by atomic mass is 10.1. The highest BCUT2D eigenvalue weighted by molar-refractivity contribution is 6.35. The molecule has 0 aliphatic heterocycles. The zero-order chi connectivity index (χ0) is 15.9. The summed E-state index contributed by atoms with van der Waals surface area (Å²) < 4.78 is 0. The Bertz CT molecular complexity index is 664. The number of hydrogen-bond acceptors (Lipinski definition) is 3. The van der Waals surface area contributed by atoms with Crippen molar-refractivity contribution in [3.63, 3.8) is 0 Å². The minimum Gasteiger partial charge on any atom is -0.391 e. The molecular weight excluding hydrogens is 345 g/mol. The Hall–Kier alpha value is -1.55. The average molecular weight is 357 g/mol. The Kier molecular flexibility index (Phi) is 6.25. The maximum atomic E-state index is 11.9. The van der Waals surface area contributed by atoms with Gasteiger partial charge in [0, 0.05) is 32.6 Å². The minimum absolute atomic E-state index is 0.0696. The fourth-order valence-corrected chi connectivity index (χ4v) is 2.33. The molecule has 6 heteroatoms. The van der Waals surface area contributed by atoms with Crippen molar-refractivity contribution in [2.45, 2.75) is 13.0 Å². The number of ketones is 1. The van der Waals surface area contributed by atoms with Crippen LogP contribution in [0.4, 0.5) is 0 Å². The van der Waals surface area contributed by atoms with Gasteiger partial charge in [0.15, 0.2) is 5.78 Å². The molecule has 22 heavy (non-hydrogen) atoms. The van der Waals surface area contributed by atoms with Crippen LogP contribution in [0, 0.1) is 0 Å². The number of Topliss-reactive ketones (excluding diaryl/α,β-unsaturated/α-hetero) is 1. The van der Waals surface area contributed by atoms with Gasteiger partial charge in [0.2, 0.25) is 0 Å². The number of halogens is 3. The van der Waals surface area contributed by atoms with Crippen LogP contribution in [0.3, 0.4) is 0 Å². The van der Waals surface area contributed by atoms with E-state index in [0.717, 1.165) is 0 Å². The molecule has 0 spiro atoms. The first-order chi connectivity index (χ1) is 10.6. The maximum Gasteiger partial charge on any atom is 0.168 e. The first-order valence-electron chi connectivity index (χ1n) is 6.43. The normalized spacial score (nSPS) is 10.9. The molecule has 0 unspecified atom stereocenters. The summed E-state index contributed by atoms with van der Waals surface area (Å²) in [5.74, 6) is -0.0696. The highest BCUT2D eigenvalue weighted by atomic mass is 35.5.